The largest absolute Gasteiger partial charge is 3.00 e. The van der Waals surface area contributed by atoms with E-state index < -0.39 is 18.9 Å². The van der Waals surface area contributed by atoms with Gasteiger partial charge in [0.15, 0.2) is 0 Å². The Balaban J connectivity index is -0.0000000865. The molecule has 0 N–H and O–H groups in total. The standard InChI is InChI=1S/3C4H9O2.Pr/c3*1-3-4(5)6-2;/h3*4H,3H2,1-2H3;/q3*-1;+3. The van der Waals surface area contributed by atoms with Crippen LogP contribution in [0.5, 0.6) is 0 Å². The minimum absolute atomic E-state index is 0. The first-order valence-electron chi connectivity index (χ1n) is 5.99. The van der Waals surface area contributed by atoms with Gasteiger partial charge in [-0.25, -0.2) is 0 Å². The fourth-order valence-corrected chi connectivity index (χ4v) is 0.500. The maximum absolute atomic E-state index is 10.0. The first-order chi connectivity index (χ1) is 8.42. The molecule has 3 unspecified atom stereocenters. The molecule has 0 aromatic heterocycles. The van der Waals surface area contributed by atoms with Gasteiger partial charge in [0.05, 0.1) is 0 Å². The molecule has 0 saturated carbocycles. The summed E-state index contributed by atoms with van der Waals surface area (Å²) in [7, 11) is 4.25. The summed E-state index contributed by atoms with van der Waals surface area (Å²) in [6.45, 7) is 5.38. The monoisotopic (exact) mass is 408 g/mol. The van der Waals surface area contributed by atoms with Gasteiger partial charge in [0.25, 0.3) is 0 Å². The van der Waals surface area contributed by atoms with Gasteiger partial charge >= 0.3 is 41.3 Å². The summed E-state index contributed by atoms with van der Waals surface area (Å²) in [5.41, 5.74) is 0. The van der Waals surface area contributed by atoms with Crippen LogP contribution in [-0.2, 0) is 14.2 Å². The molecule has 3 atom stereocenters. The van der Waals surface area contributed by atoms with Crippen molar-refractivity contribution in [2.24, 2.45) is 0 Å². The summed E-state index contributed by atoms with van der Waals surface area (Å²) in [6, 6.07) is 0. The number of hydrogen-bond acceptors (Lipinski definition) is 6. The van der Waals surface area contributed by atoms with Crippen molar-refractivity contribution >= 4 is 0 Å². The van der Waals surface area contributed by atoms with Crippen molar-refractivity contribution in [3.05, 3.63) is 0 Å². The van der Waals surface area contributed by atoms with Crippen molar-refractivity contribution in [2.45, 2.75) is 58.9 Å². The third-order valence-electron chi connectivity index (χ3n) is 1.79. The van der Waals surface area contributed by atoms with E-state index in [1.54, 1.807) is 20.8 Å². The van der Waals surface area contributed by atoms with Crippen LogP contribution >= 0.6 is 0 Å². The Morgan fingerprint density at radius 3 is 0.789 bits per heavy atom. The van der Waals surface area contributed by atoms with Gasteiger partial charge < -0.3 is 29.5 Å². The van der Waals surface area contributed by atoms with Crippen molar-refractivity contribution < 1.29 is 70.8 Å². The minimum atomic E-state index is -0.815. The summed E-state index contributed by atoms with van der Waals surface area (Å²) in [5, 5.41) is 30.1. The van der Waals surface area contributed by atoms with Gasteiger partial charge in [-0.05, 0) is 38.1 Å². The molecule has 0 radical (unpaired) electrons. The SMILES string of the molecule is CCC([O-])OC.CCC([O-])OC.CCC([O-])OC.[Pr+3]. The van der Waals surface area contributed by atoms with Gasteiger partial charge in [-0.1, -0.05) is 20.8 Å². The zero-order valence-electron chi connectivity index (χ0n) is 12.9. The van der Waals surface area contributed by atoms with Crippen LogP contribution in [0.1, 0.15) is 40.0 Å². The fraction of sp³-hybridized carbons (Fsp3) is 1.00. The zero-order chi connectivity index (χ0) is 15.0. The second-order valence-electron chi connectivity index (χ2n) is 3.22. The Labute approximate surface area is 150 Å². The molecule has 6 nitrogen and oxygen atoms in total. The minimum Gasteiger partial charge on any atom is -0.831 e. The van der Waals surface area contributed by atoms with Crippen LogP contribution in [0.4, 0.5) is 0 Å². The normalized spacial score (nSPS) is 13.7. The van der Waals surface area contributed by atoms with E-state index in [4.69, 9.17) is 0 Å². The molecule has 0 aromatic carbocycles. The van der Waals surface area contributed by atoms with E-state index in [2.05, 4.69) is 14.2 Å². The van der Waals surface area contributed by atoms with E-state index in [1.165, 1.54) is 21.3 Å². The van der Waals surface area contributed by atoms with Crippen molar-refractivity contribution in [3.63, 3.8) is 0 Å². The van der Waals surface area contributed by atoms with Crippen LogP contribution in [0.25, 0.3) is 0 Å². The molecular weight excluding hydrogens is 381 g/mol. The van der Waals surface area contributed by atoms with Crippen molar-refractivity contribution in [1.82, 2.24) is 0 Å². The molecule has 0 saturated heterocycles. The molecule has 19 heavy (non-hydrogen) atoms. The number of rotatable bonds is 6. The molecule has 0 rings (SSSR count). The average Bonchev–Trinajstić information content (AvgIpc) is 2.45. The van der Waals surface area contributed by atoms with E-state index >= 15 is 0 Å². The molecule has 114 valence electrons. The first-order valence-corrected chi connectivity index (χ1v) is 5.99. The molecule has 0 amide bonds. The van der Waals surface area contributed by atoms with E-state index in [0.29, 0.717) is 19.3 Å². The molecule has 0 aliphatic heterocycles. The quantitative estimate of drug-likeness (QED) is 0.534. The van der Waals surface area contributed by atoms with Crippen molar-refractivity contribution in [1.29, 1.82) is 0 Å². The molecule has 0 fully saturated rings. The Morgan fingerprint density at radius 1 is 0.632 bits per heavy atom. The molecule has 0 aliphatic carbocycles. The van der Waals surface area contributed by atoms with Crippen molar-refractivity contribution in [2.75, 3.05) is 21.3 Å². The van der Waals surface area contributed by atoms with Crippen LogP contribution in [0.2, 0.25) is 0 Å². The van der Waals surface area contributed by atoms with E-state index in [9.17, 15) is 15.3 Å². The average molecular weight is 408 g/mol. The molecule has 7 heteroatoms. The van der Waals surface area contributed by atoms with Gasteiger partial charge in [0, 0.05) is 21.3 Å². The van der Waals surface area contributed by atoms with Gasteiger partial charge in [-0.15, -0.1) is 0 Å². The molecule has 0 spiro atoms. The topological polar surface area (TPSA) is 96.9 Å². The van der Waals surface area contributed by atoms with E-state index in [-0.39, 0.29) is 41.3 Å². The number of methoxy groups -OCH3 is 3. The fourth-order valence-electron chi connectivity index (χ4n) is 0.500. The van der Waals surface area contributed by atoms with Crippen LogP contribution in [0.15, 0.2) is 0 Å². The molecule has 0 aromatic rings. The number of hydrogen-bond donors (Lipinski definition) is 0. The molecular formula is C12H27O6Pr. The summed E-state index contributed by atoms with van der Waals surface area (Å²) < 4.78 is 13.0. The van der Waals surface area contributed by atoms with Gasteiger partial charge in [0.2, 0.25) is 0 Å². The van der Waals surface area contributed by atoms with Crippen LogP contribution in [-0.4, -0.2) is 40.2 Å². The van der Waals surface area contributed by atoms with Crippen LogP contribution in [0, 0.1) is 41.3 Å². The third-order valence-corrected chi connectivity index (χ3v) is 1.79. The van der Waals surface area contributed by atoms with E-state index in [0.717, 1.165) is 0 Å². The Kier molecular flexibility index (Phi) is 36.0. The molecule has 0 heterocycles. The predicted octanol–water partition coefficient (Wildman–Crippen LogP) is -0.812. The van der Waals surface area contributed by atoms with Gasteiger partial charge in [-0.3, -0.25) is 0 Å². The zero-order valence-corrected chi connectivity index (χ0v) is 16.6. The van der Waals surface area contributed by atoms with Gasteiger partial charge in [0.1, 0.15) is 0 Å². The van der Waals surface area contributed by atoms with Crippen molar-refractivity contribution in [3.8, 4) is 0 Å². The molecule has 0 bridgehead atoms. The predicted molar refractivity (Wildman–Crippen MR) is 63.3 cm³/mol. The van der Waals surface area contributed by atoms with Gasteiger partial charge in [-0.2, -0.15) is 0 Å². The smallest absolute Gasteiger partial charge is 0.831 e. The Hall–Kier alpha value is 1.12. The first kappa shape index (κ1) is 28.3. The Bertz CT molecular complexity index is 104. The van der Waals surface area contributed by atoms with E-state index in [1.807, 2.05) is 0 Å². The summed E-state index contributed by atoms with van der Waals surface area (Å²) >= 11 is 0. The second-order valence-corrected chi connectivity index (χ2v) is 3.22. The number of ether oxygens (including phenoxy) is 3. The maximum atomic E-state index is 10.0. The third kappa shape index (κ3) is 32.6. The Morgan fingerprint density at radius 2 is 0.789 bits per heavy atom. The second kappa shape index (κ2) is 24.2. The summed E-state index contributed by atoms with van der Waals surface area (Å²) in [4.78, 5) is 0. The maximum Gasteiger partial charge on any atom is 3.00 e. The summed E-state index contributed by atoms with van der Waals surface area (Å²) in [6.07, 6.45) is -0.788. The summed E-state index contributed by atoms with van der Waals surface area (Å²) in [5.74, 6) is 0. The van der Waals surface area contributed by atoms with Crippen LogP contribution in [0.3, 0.4) is 0 Å². The molecule has 0 aliphatic rings. The van der Waals surface area contributed by atoms with Crippen LogP contribution < -0.4 is 15.3 Å².